The van der Waals surface area contributed by atoms with E-state index in [4.69, 9.17) is 5.26 Å². The predicted octanol–water partition coefficient (Wildman–Crippen LogP) is 2.63. The molecule has 1 aromatic heterocycles. The van der Waals surface area contributed by atoms with Crippen LogP contribution in [-0.2, 0) is 0 Å². The molecular formula is C15H14FN3O. The summed E-state index contributed by atoms with van der Waals surface area (Å²) in [6.45, 7) is 1.80. The molecule has 0 aliphatic rings. The number of hydrogen-bond donors (Lipinski definition) is 2. The first kappa shape index (κ1) is 14.0. The number of aliphatic hydroxyl groups excluding tert-OH is 1. The van der Waals surface area contributed by atoms with E-state index in [0.717, 1.165) is 0 Å². The van der Waals surface area contributed by atoms with E-state index in [0.29, 0.717) is 16.9 Å². The van der Waals surface area contributed by atoms with E-state index < -0.39 is 6.10 Å². The number of nitrogens with zero attached hydrogens (tertiary/aromatic N) is 2. The highest BCUT2D eigenvalue weighted by molar-refractivity contribution is 5.40. The molecule has 0 aliphatic heterocycles. The lowest BCUT2D eigenvalue weighted by Crippen LogP contribution is -2.24. The van der Waals surface area contributed by atoms with Crippen LogP contribution < -0.4 is 5.32 Å². The van der Waals surface area contributed by atoms with Gasteiger partial charge in [-0.15, -0.1) is 0 Å². The smallest absolute Gasteiger partial charge is 0.126 e. The molecule has 2 rings (SSSR count). The van der Waals surface area contributed by atoms with Crippen LogP contribution >= 0.6 is 0 Å². The van der Waals surface area contributed by atoms with Gasteiger partial charge in [-0.25, -0.2) is 9.37 Å². The molecule has 20 heavy (non-hydrogen) atoms. The number of anilines is 1. The third kappa shape index (κ3) is 3.31. The Morgan fingerprint density at radius 1 is 1.25 bits per heavy atom. The molecule has 0 saturated carbocycles. The van der Waals surface area contributed by atoms with Crippen LogP contribution in [0.1, 0.15) is 24.2 Å². The minimum atomic E-state index is -0.784. The average Bonchev–Trinajstić information content (AvgIpc) is 2.48. The van der Waals surface area contributed by atoms with E-state index in [1.165, 1.54) is 18.3 Å². The molecule has 0 bridgehead atoms. The number of pyridine rings is 1. The van der Waals surface area contributed by atoms with Crippen LogP contribution in [0.3, 0.4) is 0 Å². The van der Waals surface area contributed by atoms with Crippen LogP contribution in [0.4, 0.5) is 10.2 Å². The van der Waals surface area contributed by atoms with Gasteiger partial charge in [0.25, 0.3) is 0 Å². The van der Waals surface area contributed by atoms with Crippen LogP contribution in [0.5, 0.6) is 0 Å². The molecule has 0 aliphatic carbocycles. The SMILES string of the molecule is C[C@H](Nc1ccc(C#N)cn1)[C@@H](O)c1ccc(F)cc1. The number of hydrogen-bond acceptors (Lipinski definition) is 4. The third-order valence-electron chi connectivity index (χ3n) is 2.95. The monoisotopic (exact) mass is 271 g/mol. The Labute approximate surface area is 116 Å². The van der Waals surface area contributed by atoms with Crippen molar-refractivity contribution in [1.82, 2.24) is 4.98 Å². The summed E-state index contributed by atoms with van der Waals surface area (Å²) in [7, 11) is 0. The molecule has 2 aromatic rings. The molecule has 0 spiro atoms. The first-order valence-corrected chi connectivity index (χ1v) is 6.16. The molecular weight excluding hydrogens is 257 g/mol. The highest BCUT2D eigenvalue weighted by atomic mass is 19.1. The van der Waals surface area contributed by atoms with Gasteiger partial charge in [-0.3, -0.25) is 0 Å². The first-order chi connectivity index (χ1) is 9.60. The fraction of sp³-hybridized carbons (Fsp3) is 0.200. The van der Waals surface area contributed by atoms with Crippen molar-refractivity contribution < 1.29 is 9.50 Å². The summed E-state index contributed by atoms with van der Waals surface area (Å²) in [6, 6.07) is 10.7. The second kappa shape index (κ2) is 6.13. The maximum Gasteiger partial charge on any atom is 0.126 e. The van der Waals surface area contributed by atoms with Gasteiger partial charge in [-0.1, -0.05) is 12.1 Å². The summed E-state index contributed by atoms with van der Waals surface area (Å²) < 4.78 is 12.8. The normalized spacial score (nSPS) is 13.3. The van der Waals surface area contributed by atoms with Crippen molar-refractivity contribution in [2.75, 3.05) is 5.32 Å². The lowest BCUT2D eigenvalue weighted by Gasteiger charge is -2.21. The molecule has 1 heterocycles. The minimum absolute atomic E-state index is 0.305. The van der Waals surface area contributed by atoms with E-state index >= 15 is 0 Å². The number of halogens is 1. The quantitative estimate of drug-likeness (QED) is 0.897. The molecule has 0 amide bonds. The Morgan fingerprint density at radius 3 is 2.50 bits per heavy atom. The maximum absolute atomic E-state index is 12.8. The summed E-state index contributed by atoms with van der Waals surface area (Å²) in [6.07, 6.45) is 0.673. The summed E-state index contributed by atoms with van der Waals surface area (Å²) >= 11 is 0. The van der Waals surface area contributed by atoms with E-state index in [9.17, 15) is 9.50 Å². The number of aliphatic hydroxyl groups is 1. The molecule has 2 N–H and O–H groups in total. The molecule has 0 fully saturated rings. The fourth-order valence-electron chi connectivity index (χ4n) is 1.81. The van der Waals surface area contributed by atoms with Gasteiger partial charge in [-0.2, -0.15) is 5.26 Å². The summed E-state index contributed by atoms with van der Waals surface area (Å²) in [4.78, 5) is 4.07. The zero-order valence-corrected chi connectivity index (χ0v) is 10.9. The largest absolute Gasteiger partial charge is 0.386 e. The summed E-state index contributed by atoms with van der Waals surface area (Å²) in [5, 5.41) is 21.9. The predicted molar refractivity (Wildman–Crippen MR) is 73.4 cm³/mol. The van der Waals surface area contributed by atoms with Crippen molar-refractivity contribution in [1.29, 1.82) is 5.26 Å². The number of nitrogens with one attached hydrogen (secondary N) is 1. The number of rotatable bonds is 4. The van der Waals surface area contributed by atoms with Gasteiger partial charge in [0, 0.05) is 6.20 Å². The second-order valence-electron chi connectivity index (χ2n) is 4.47. The van der Waals surface area contributed by atoms with Crippen LogP contribution in [-0.4, -0.2) is 16.1 Å². The lowest BCUT2D eigenvalue weighted by molar-refractivity contribution is 0.160. The van der Waals surface area contributed by atoms with Gasteiger partial charge in [-0.05, 0) is 36.8 Å². The van der Waals surface area contributed by atoms with Crippen LogP contribution in [0, 0.1) is 17.1 Å². The molecule has 4 nitrogen and oxygen atoms in total. The average molecular weight is 271 g/mol. The highest BCUT2D eigenvalue weighted by Gasteiger charge is 2.16. The standard InChI is InChI=1S/C15H14FN3O/c1-10(15(20)12-3-5-13(16)6-4-12)19-14-7-2-11(8-17)9-18-14/h2-7,9-10,15,20H,1H3,(H,18,19)/t10-,15+/m0/s1. The van der Waals surface area contributed by atoms with Gasteiger partial charge in [0.2, 0.25) is 0 Å². The number of benzene rings is 1. The zero-order chi connectivity index (χ0) is 14.5. The highest BCUT2D eigenvalue weighted by Crippen LogP contribution is 2.19. The Hall–Kier alpha value is -2.45. The van der Waals surface area contributed by atoms with E-state index in [1.807, 2.05) is 6.07 Å². The van der Waals surface area contributed by atoms with Crippen molar-refractivity contribution >= 4 is 5.82 Å². The Balaban J connectivity index is 2.05. The molecule has 5 heteroatoms. The van der Waals surface area contributed by atoms with E-state index in [2.05, 4.69) is 10.3 Å². The lowest BCUT2D eigenvalue weighted by atomic mass is 10.0. The van der Waals surface area contributed by atoms with Crippen LogP contribution in [0.25, 0.3) is 0 Å². The van der Waals surface area contributed by atoms with Gasteiger partial charge in [0.15, 0.2) is 0 Å². The van der Waals surface area contributed by atoms with Crippen LogP contribution in [0.2, 0.25) is 0 Å². The number of nitriles is 1. The van der Waals surface area contributed by atoms with E-state index in [1.54, 1.807) is 31.2 Å². The van der Waals surface area contributed by atoms with Crippen molar-refractivity contribution in [3.05, 3.63) is 59.5 Å². The minimum Gasteiger partial charge on any atom is -0.386 e. The van der Waals surface area contributed by atoms with Crippen molar-refractivity contribution in [2.45, 2.75) is 19.1 Å². The molecule has 102 valence electrons. The Bertz CT molecular complexity index is 605. The fourth-order valence-corrected chi connectivity index (χ4v) is 1.81. The molecule has 1 aromatic carbocycles. The summed E-state index contributed by atoms with van der Waals surface area (Å²) in [5.74, 6) is 0.230. The third-order valence-corrected chi connectivity index (χ3v) is 2.95. The molecule has 2 atom stereocenters. The van der Waals surface area contributed by atoms with Crippen LogP contribution in [0.15, 0.2) is 42.6 Å². The van der Waals surface area contributed by atoms with Crippen molar-refractivity contribution in [3.63, 3.8) is 0 Å². The Kier molecular flexibility index (Phi) is 4.28. The van der Waals surface area contributed by atoms with Gasteiger partial charge < -0.3 is 10.4 Å². The maximum atomic E-state index is 12.8. The van der Waals surface area contributed by atoms with Crippen molar-refractivity contribution in [2.24, 2.45) is 0 Å². The summed E-state index contributed by atoms with van der Waals surface area (Å²) in [5.41, 5.74) is 1.10. The van der Waals surface area contributed by atoms with Gasteiger partial charge >= 0.3 is 0 Å². The van der Waals surface area contributed by atoms with Gasteiger partial charge in [0.05, 0.1) is 17.7 Å². The van der Waals surface area contributed by atoms with E-state index in [-0.39, 0.29) is 11.9 Å². The topological polar surface area (TPSA) is 68.9 Å². The first-order valence-electron chi connectivity index (χ1n) is 6.16. The Morgan fingerprint density at radius 2 is 1.95 bits per heavy atom. The molecule has 0 saturated heterocycles. The second-order valence-corrected chi connectivity index (χ2v) is 4.47. The zero-order valence-electron chi connectivity index (χ0n) is 10.9. The molecule has 0 unspecified atom stereocenters. The van der Waals surface area contributed by atoms with Gasteiger partial charge in [0.1, 0.15) is 17.7 Å². The van der Waals surface area contributed by atoms with Crippen molar-refractivity contribution in [3.8, 4) is 6.07 Å². The number of aromatic nitrogens is 1. The molecule has 0 radical (unpaired) electrons.